The molecule has 4 heteroatoms. The van der Waals surface area contributed by atoms with Crippen LogP contribution < -0.4 is 0 Å². The average Bonchev–Trinajstić information content (AvgIpc) is 2.96. The second kappa shape index (κ2) is 8.36. The van der Waals surface area contributed by atoms with E-state index < -0.39 is 0 Å². The molecule has 3 aromatic heterocycles. The molecule has 0 spiro atoms. The summed E-state index contributed by atoms with van der Waals surface area (Å²) >= 11 is 0. The zero-order valence-electron chi connectivity index (χ0n) is 19.3. The van der Waals surface area contributed by atoms with Crippen LogP contribution in [0.25, 0.3) is 66.2 Å². The highest BCUT2D eigenvalue weighted by atomic mass is 14.8. The van der Waals surface area contributed by atoms with Gasteiger partial charge in [0.15, 0.2) is 0 Å². The molecule has 0 aliphatic rings. The summed E-state index contributed by atoms with van der Waals surface area (Å²) in [6.45, 7) is 0. The molecule has 0 aliphatic heterocycles. The van der Waals surface area contributed by atoms with Gasteiger partial charge in [0.25, 0.3) is 0 Å². The highest BCUT2D eigenvalue weighted by molar-refractivity contribution is 6.12. The molecule has 0 amide bonds. The molecule has 7 aromatic rings. The molecule has 0 fully saturated rings. The van der Waals surface area contributed by atoms with Crippen molar-refractivity contribution in [3.63, 3.8) is 0 Å². The molecule has 0 radical (unpaired) electrons. The maximum absolute atomic E-state index is 4.99. The summed E-state index contributed by atoms with van der Waals surface area (Å²) in [5, 5.41) is 2.24. The lowest BCUT2D eigenvalue weighted by Gasteiger charge is -2.14. The summed E-state index contributed by atoms with van der Waals surface area (Å²) in [5.41, 5.74) is 10.2. The minimum absolute atomic E-state index is 0.886. The number of para-hydroxylation sites is 2. The van der Waals surface area contributed by atoms with E-state index in [0.717, 1.165) is 66.2 Å². The lowest BCUT2D eigenvalue weighted by atomic mass is 9.91. The lowest BCUT2D eigenvalue weighted by molar-refractivity contribution is 1.32. The molecule has 0 bridgehead atoms. The summed E-state index contributed by atoms with van der Waals surface area (Å²) in [5.74, 6) is 0. The fourth-order valence-corrected chi connectivity index (χ4v) is 4.87. The van der Waals surface area contributed by atoms with E-state index in [9.17, 15) is 0 Å². The van der Waals surface area contributed by atoms with Crippen LogP contribution in [0, 0.1) is 0 Å². The minimum Gasteiger partial charge on any atom is -0.264 e. The Morgan fingerprint density at radius 1 is 0.417 bits per heavy atom. The molecule has 3 heterocycles. The van der Waals surface area contributed by atoms with Crippen molar-refractivity contribution in [1.82, 2.24) is 19.9 Å². The van der Waals surface area contributed by atoms with Crippen LogP contribution >= 0.6 is 0 Å². The van der Waals surface area contributed by atoms with Crippen LogP contribution in [0.4, 0.5) is 0 Å². The number of hydrogen-bond donors (Lipinski definition) is 0. The summed E-state index contributed by atoms with van der Waals surface area (Å²) in [7, 11) is 0. The normalized spacial score (nSPS) is 11.3. The van der Waals surface area contributed by atoms with E-state index in [0.29, 0.717) is 0 Å². The summed E-state index contributed by atoms with van der Waals surface area (Å²) in [4.78, 5) is 18.7. The molecule has 36 heavy (non-hydrogen) atoms. The zero-order chi connectivity index (χ0) is 23.9. The maximum Gasteiger partial charge on any atom is 0.0973 e. The van der Waals surface area contributed by atoms with Crippen LogP contribution in [0.15, 0.2) is 122 Å². The third-order valence-corrected chi connectivity index (χ3v) is 6.58. The van der Waals surface area contributed by atoms with Gasteiger partial charge in [-0.1, -0.05) is 48.5 Å². The van der Waals surface area contributed by atoms with Crippen molar-refractivity contribution in [1.29, 1.82) is 0 Å². The molecule has 0 saturated carbocycles. The van der Waals surface area contributed by atoms with Crippen LogP contribution in [0.5, 0.6) is 0 Å². The fourth-order valence-electron chi connectivity index (χ4n) is 4.87. The van der Waals surface area contributed by atoms with E-state index >= 15 is 0 Å². The van der Waals surface area contributed by atoms with E-state index in [-0.39, 0.29) is 0 Å². The SMILES string of the molecule is c1cncc(-c2cc(-c3cccnc3)cc(-c3cc4nc5ccccc5nc4c4ccccc34)c2)c1. The van der Waals surface area contributed by atoms with Crippen LogP contribution in [0.1, 0.15) is 0 Å². The molecule has 4 aromatic carbocycles. The molecule has 0 atom stereocenters. The Bertz CT molecular complexity index is 1820. The smallest absolute Gasteiger partial charge is 0.0973 e. The number of aromatic nitrogens is 4. The van der Waals surface area contributed by atoms with E-state index in [1.807, 2.05) is 48.8 Å². The number of nitrogens with zero attached hydrogens (tertiary/aromatic N) is 4. The van der Waals surface area contributed by atoms with Crippen molar-refractivity contribution in [2.75, 3.05) is 0 Å². The standard InChI is InChI=1S/C32H20N4/c1-2-10-27-26(9-1)28(18-31-32(27)36-30-12-4-3-11-29(30)35-31)25-16-23(21-7-5-13-33-19-21)15-24(17-25)22-8-6-14-34-20-22/h1-20H. The summed E-state index contributed by atoms with van der Waals surface area (Å²) in [6.07, 6.45) is 7.41. The first-order valence-electron chi connectivity index (χ1n) is 11.9. The molecule has 7 rings (SSSR count). The van der Waals surface area contributed by atoms with E-state index in [2.05, 4.69) is 70.6 Å². The van der Waals surface area contributed by atoms with Crippen LogP contribution in [-0.4, -0.2) is 19.9 Å². The summed E-state index contributed by atoms with van der Waals surface area (Å²) in [6, 6.07) is 33.5. The predicted molar refractivity (Wildman–Crippen MR) is 146 cm³/mol. The second-order valence-corrected chi connectivity index (χ2v) is 8.83. The van der Waals surface area contributed by atoms with Crippen molar-refractivity contribution in [3.8, 4) is 33.4 Å². The van der Waals surface area contributed by atoms with Crippen molar-refractivity contribution >= 4 is 32.8 Å². The number of rotatable bonds is 3. The van der Waals surface area contributed by atoms with Gasteiger partial charge in [0.05, 0.1) is 22.1 Å². The first kappa shape index (κ1) is 20.4. The highest BCUT2D eigenvalue weighted by Gasteiger charge is 2.14. The largest absolute Gasteiger partial charge is 0.264 e. The molecular weight excluding hydrogens is 440 g/mol. The molecule has 0 saturated heterocycles. The van der Waals surface area contributed by atoms with Crippen LogP contribution in [0.2, 0.25) is 0 Å². The molecule has 0 unspecified atom stereocenters. The molecule has 168 valence electrons. The average molecular weight is 461 g/mol. The van der Waals surface area contributed by atoms with Gasteiger partial charge in [-0.15, -0.1) is 0 Å². The highest BCUT2D eigenvalue weighted by Crippen LogP contribution is 2.38. The fraction of sp³-hybridized carbons (Fsp3) is 0. The Labute approximate surface area is 208 Å². The van der Waals surface area contributed by atoms with Crippen molar-refractivity contribution in [2.24, 2.45) is 0 Å². The van der Waals surface area contributed by atoms with Gasteiger partial charge in [-0.2, -0.15) is 0 Å². The Balaban J connectivity index is 1.55. The molecule has 0 N–H and O–H groups in total. The van der Waals surface area contributed by atoms with Gasteiger partial charge in [0.2, 0.25) is 0 Å². The lowest BCUT2D eigenvalue weighted by Crippen LogP contribution is -1.92. The van der Waals surface area contributed by atoms with E-state index in [1.165, 1.54) is 0 Å². The van der Waals surface area contributed by atoms with Gasteiger partial charge in [-0.3, -0.25) is 9.97 Å². The van der Waals surface area contributed by atoms with Gasteiger partial charge in [0, 0.05) is 41.3 Å². The van der Waals surface area contributed by atoms with Crippen LogP contribution in [0.3, 0.4) is 0 Å². The Morgan fingerprint density at radius 2 is 1.00 bits per heavy atom. The molecule has 4 nitrogen and oxygen atoms in total. The summed E-state index contributed by atoms with van der Waals surface area (Å²) < 4.78 is 0. The number of hydrogen-bond acceptors (Lipinski definition) is 4. The van der Waals surface area contributed by atoms with Crippen LogP contribution in [-0.2, 0) is 0 Å². The number of pyridine rings is 2. The number of fused-ring (bicyclic) bond motifs is 4. The maximum atomic E-state index is 4.99. The monoisotopic (exact) mass is 460 g/mol. The Morgan fingerprint density at radius 3 is 1.64 bits per heavy atom. The van der Waals surface area contributed by atoms with Crippen molar-refractivity contribution < 1.29 is 0 Å². The van der Waals surface area contributed by atoms with E-state index in [1.54, 1.807) is 12.4 Å². The zero-order valence-corrected chi connectivity index (χ0v) is 19.3. The molecular formula is C32H20N4. The first-order chi connectivity index (χ1) is 17.8. The third kappa shape index (κ3) is 3.48. The van der Waals surface area contributed by atoms with Gasteiger partial charge in [-0.05, 0) is 76.2 Å². The van der Waals surface area contributed by atoms with Gasteiger partial charge < -0.3 is 0 Å². The van der Waals surface area contributed by atoms with E-state index in [4.69, 9.17) is 9.97 Å². The predicted octanol–water partition coefficient (Wildman–Crippen LogP) is 7.73. The minimum atomic E-state index is 0.886. The van der Waals surface area contributed by atoms with Crippen molar-refractivity contribution in [3.05, 3.63) is 122 Å². The van der Waals surface area contributed by atoms with Gasteiger partial charge >= 0.3 is 0 Å². The Hall–Kier alpha value is -4.96. The third-order valence-electron chi connectivity index (χ3n) is 6.58. The topological polar surface area (TPSA) is 51.6 Å². The molecule has 0 aliphatic carbocycles. The van der Waals surface area contributed by atoms with Crippen molar-refractivity contribution in [2.45, 2.75) is 0 Å². The second-order valence-electron chi connectivity index (χ2n) is 8.83. The quantitative estimate of drug-likeness (QED) is 0.200. The van der Waals surface area contributed by atoms with Gasteiger partial charge in [-0.25, -0.2) is 9.97 Å². The number of benzene rings is 4. The Kier molecular flexibility index (Phi) is 4.74. The van der Waals surface area contributed by atoms with Gasteiger partial charge in [0.1, 0.15) is 0 Å². The first-order valence-corrected chi connectivity index (χ1v) is 11.9.